The van der Waals surface area contributed by atoms with Gasteiger partial charge in [0.25, 0.3) is 0 Å². The summed E-state index contributed by atoms with van der Waals surface area (Å²) in [5.41, 5.74) is 0.666. The van der Waals surface area contributed by atoms with Crippen molar-refractivity contribution in [1.82, 2.24) is 5.32 Å². The molecule has 7 heteroatoms. The van der Waals surface area contributed by atoms with Gasteiger partial charge in [-0.1, -0.05) is 6.07 Å². The molecule has 0 unspecified atom stereocenters. The van der Waals surface area contributed by atoms with Gasteiger partial charge in [-0.2, -0.15) is 0 Å². The number of benzene rings is 1. The van der Waals surface area contributed by atoms with E-state index in [0.717, 1.165) is 0 Å². The largest absolute Gasteiger partial charge is 0.454 e. The normalized spacial score (nSPS) is 24.9. The number of nitrogens with zero attached hydrogens (tertiary/aromatic N) is 1. The van der Waals surface area contributed by atoms with E-state index in [2.05, 4.69) is 5.32 Å². The summed E-state index contributed by atoms with van der Waals surface area (Å²) in [4.78, 5) is 22.2. The molecule has 100 valence electrons. The molecule has 7 nitrogen and oxygen atoms in total. The van der Waals surface area contributed by atoms with Crippen LogP contribution in [0.2, 0.25) is 0 Å². The molecule has 1 aromatic rings. The van der Waals surface area contributed by atoms with Gasteiger partial charge in [0, 0.05) is 17.8 Å². The van der Waals surface area contributed by atoms with E-state index in [9.17, 15) is 14.9 Å². The van der Waals surface area contributed by atoms with Crippen molar-refractivity contribution in [3.63, 3.8) is 0 Å². The third kappa shape index (κ3) is 2.07. The molecule has 0 bridgehead atoms. The monoisotopic (exact) mass is 264 g/mol. The predicted molar refractivity (Wildman–Crippen MR) is 63.5 cm³/mol. The number of piperidine rings is 1. The molecule has 2 aliphatic heterocycles. The number of hydrogen-bond acceptors (Lipinski definition) is 5. The van der Waals surface area contributed by atoms with E-state index in [1.54, 1.807) is 18.2 Å². The summed E-state index contributed by atoms with van der Waals surface area (Å²) in [6.07, 6.45) is 0.435. The lowest BCUT2D eigenvalue weighted by Crippen LogP contribution is -2.45. The SMILES string of the molecule is O=C1CC[C@H]([N+](=O)[O-])[C@@H](c2ccc3c(c2)OCO3)N1. The molecule has 0 aliphatic carbocycles. The van der Waals surface area contributed by atoms with Crippen LogP contribution in [-0.2, 0) is 4.79 Å². The van der Waals surface area contributed by atoms with Gasteiger partial charge in [0.2, 0.25) is 18.7 Å². The van der Waals surface area contributed by atoms with Gasteiger partial charge >= 0.3 is 0 Å². The number of nitrogens with one attached hydrogen (secondary N) is 1. The number of carbonyl (C=O) groups excluding carboxylic acids is 1. The zero-order chi connectivity index (χ0) is 13.4. The molecule has 0 saturated carbocycles. The van der Waals surface area contributed by atoms with E-state index in [1.165, 1.54) is 0 Å². The molecule has 2 atom stereocenters. The highest BCUT2D eigenvalue weighted by Gasteiger charge is 2.38. The highest BCUT2D eigenvalue weighted by Crippen LogP contribution is 2.36. The molecule has 1 aromatic carbocycles. The molecule has 0 aromatic heterocycles. The fraction of sp³-hybridized carbons (Fsp3) is 0.417. The number of amides is 1. The predicted octanol–water partition coefficient (Wildman–Crippen LogP) is 1.01. The first-order chi connectivity index (χ1) is 9.15. The Morgan fingerprint density at radius 3 is 2.89 bits per heavy atom. The van der Waals surface area contributed by atoms with Crippen LogP contribution < -0.4 is 14.8 Å². The molecule has 2 aliphatic rings. The van der Waals surface area contributed by atoms with Crippen LogP contribution in [0.15, 0.2) is 18.2 Å². The van der Waals surface area contributed by atoms with Crippen molar-refractivity contribution in [2.24, 2.45) is 0 Å². The Kier molecular flexibility index (Phi) is 2.73. The van der Waals surface area contributed by atoms with Crippen molar-refractivity contribution in [3.8, 4) is 11.5 Å². The molecule has 1 amide bonds. The number of nitro groups is 1. The maximum Gasteiger partial charge on any atom is 0.237 e. The van der Waals surface area contributed by atoms with Gasteiger partial charge in [-0.3, -0.25) is 14.9 Å². The first-order valence-corrected chi connectivity index (χ1v) is 5.97. The highest BCUT2D eigenvalue weighted by molar-refractivity contribution is 5.77. The molecule has 1 N–H and O–H groups in total. The molecule has 19 heavy (non-hydrogen) atoms. The summed E-state index contributed by atoms with van der Waals surface area (Å²) in [6.45, 7) is 0.147. The van der Waals surface area contributed by atoms with Gasteiger partial charge in [-0.25, -0.2) is 0 Å². The van der Waals surface area contributed by atoms with Crippen molar-refractivity contribution < 1.29 is 19.2 Å². The fourth-order valence-corrected chi connectivity index (χ4v) is 2.43. The summed E-state index contributed by atoms with van der Waals surface area (Å²) in [5, 5.41) is 13.8. The minimum Gasteiger partial charge on any atom is -0.454 e. The maximum atomic E-state index is 11.5. The van der Waals surface area contributed by atoms with E-state index in [0.29, 0.717) is 17.1 Å². The lowest BCUT2D eigenvalue weighted by atomic mass is 9.92. The van der Waals surface area contributed by atoms with Crippen LogP contribution in [0.25, 0.3) is 0 Å². The number of ether oxygens (including phenoxy) is 2. The van der Waals surface area contributed by atoms with Gasteiger partial charge in [-0.05, 0) is 17.7 Å². The quantitative estimate of drug-likeness (QED) is 0.636. The Labute approximate surface area is 108 Å². The summed E-state index contributed by atoms with van der Waals surface area (Å²) in [7, 11) is 0. The molecular formula is C12H12N2O5. The van der Waals surface area contributed by atoms with Gasteiger partial charge in [-0.15, -0.1) is 0 Å². The van der Waals surface area contributed by atoms with Crippen LogP contribution in [0.4, 0.5) is 0 Å². The third-order valence-electron chi connectivity index (χ3n) is 3.39. The Hall–Kier alpha value is -2.31. The highest BCUT2D eigenvalue weighted by atomic mass is 16.7. The smallest absolute Gasteiger partial charge is 0.237 e. The zero-order valence-electron chi connectivity index (χ0n) is 10.00. The van der Waals surface area contributed by atoms with Crippen molar-refractivity contribution in [2.75, 3.05) is 6.79 Å². The van der Waals surface area contributed by atoms with Gasteiger partial charge in [0.05, 0.1) is 0 Å². The second kappa shape index (κ2) is 4.42. The second-order valence-corrected chi connectivity index (χ2v) is 4.55. The lowest BCUT2D eigenvalue weighted by Gasteiger charge is -2.26. The van der Waals surface area contributed by atoms with Crippen LogP contribution >= 0.6 is 0 Å². The number of rotatable bonds is 2. The van der Waals surface area contributed by atoms with Crippen LogP contribution in [0.5, 0.6) is 11.5 Å². The Bertz CT molecular complexity index is 545. The van der Waals surface area contributed by atoms with Crippen molar-refractivity contribution in [3.05, 3.63) is 33.9 Å². The van der Waals surface area contributed by atoms with Crippen molar-refractivity contribution in [1.29, 1.82) is 0 Å². The zero-order valence-corrected chi connectivity index (χ0v) is 10.00. The molecule has 0 spiro atoms. The average Bonchev–Trinajstić information content (AvgIpc) is 2.85. The van der Waals surface area contributed by atoms with Crippen molar-refractivity contribution >= 4 is 5.91 Å². The van der Waals surface area contributed by atoms with E-state index >= 15 is 0 Å². The fourth-order valence-electron chi connectivity index (χ4n) is 2.43. The summed E-state index contributed by atoms with van der Waals surface area (Å²) >= 11 is 0. The minimum absolute atomic E-state index is 0.147. The first-order valence-electron chi connectivity index (χ1n) is 5.97. The summed E-state index contributed by atoms with van der Waals surface area (Å²) in [6, 6.07) is 3.69. The Morgan fingerprint density at radius 2 is 2.11 bits per heavy atom. The van der Waals surface area contributed by atoms with Crippen LogP contribution in [0.1, 0.15) is 24.4 Å². The van der Waals surface area contributed by atoms with Crippen molar-refractivity contribution in [2.45, 2.75) is 24.9 Å². The molecule has 1 fully saturated rings. The number of fused-ring (bicyclic) bond motifs is 1. The first kappa shape index (κ1) is 11.8. The van der Waals surface area contributed by atoms with Crippen LogP contribution in [0.3, 0.4) is 0 Å². The standard InChI is InChI=1S/C12H12N2O5/c15-11-4-2-8(14(16)17)12(13-11)7-1-3-9-10(5-7)19-6-18-9/h1,3,5,8,12H,2,4,6H2,(H,13,15)/t8-,12+/m0/s1. The minimum atomic E-state index is -0.807. The molecule has 3 rings (SSSR count). The Morgan fingerprint density at radius 1 is 1.32 bits per heavy atom. The van der Waals surface area contributed by atoms with E-state index in [4.69, 9.17) is 9.47 Å². The van der Waals surface area contributed by atoms with E-state index < -0.39 is 12.1 Å². The van der Waals surface area contributed by atoms with Crippen LogP contribution in [-0.4, -0.2) is 23.7 Å². The van der Waals surface area contributed by atoms with E-state index in [1.807, 2.05) is 0 Å². The Balaban J connectivity index is 1.93. The lowest BCUT2D eigenvalue weighted by molar-refractivity contribution is -0.529. The molecular weight excluding hydrogens is 252 g/mol. The molecule has 0 radical (unpaired) electrons. The average molecular weight is 264 g/mol. The molecule has 1 saturated heterocycles. The topological polar surface area (TPSA) is 90.7 Å². The van der Waals surface area contributed by atoms with E-state index in [-0.39, 0.29) is 30.5 Å². The van der Waals surface area contributed by atoms with Crippen LogP contribution in [0, 0.1) is 10.1 Å². The molecule has 2 heterocycles. The third-order valence-corrected chi connectivity index (χ3v) is 3.39. The van der Waals surface area contributed by atoms with Gasteiger partial charge in [0.15, 0.2) is 11.5 Å². The summed E-state index contributed by atoms with van der Waals surface area (Å²) < 4.78 is 10.4. The van der Waals surface area contributed by atoms with Gasteiger partial charge < -0.3 is 14.8 Å². The number of carbonyl (C=O) groups is 1. The van der Waals surface area contributed by atoms with Gasteiger partial charge in [0.1, 0.15) is 6.04 Å². The second-order valence-electron chi connectivity index (χ2n) is 4.55. The number of hydrogen-bond donors (Lipinski definition) is 1. The maximum absolute atomic E-state index is 11.5. The summed E-state index contributed by atoms with van der Waals surface area (Å²) in [5.74, 6) is 1.00.